The average molecular weight is 382 g/mol. The van der Waals surface area contributed by atoms with Gasteiger partial charge in [-0.05, 0) is 31.0 Å². The second-order valence-corrected chi connectivity index (χ2v) is 6.06. The van der Waals surface area contributed by atoms with Gasteiger partial charge in [-0.1, -0.05) is 19.3 Å². The van der Waals surface area contributed by atoms with Gasteiger partial charge in [0.25, 0.3) is 0 Å². The van der Waals surface area contributed by atoms with E-state index < -0.39 is 41.0 Å². The molecule has 0 aromatic heterocycles. The summed E-state index contributed by atoms with van der Waals surface area (Å²) in [6, 6.07) is 0.411. The van der Waals surface area contributed by atoms with Gasteiger partial charge < -0.3 is 10.6 Å². The van der Waals surface area contributed by atoms with Crippen LogP contribution in [0.5, 0.6) is 0 Å². The summed E-state index contributed by atoms with van der Waals surface area (Å²) in [6.07, 6.45) is -5.99. The summed E-state index contributed by atoms with van der Waals surface area (Å²) in [5, 5.41) is 4.24. The molecule has 0 bridgehead atoms. The average Bonchev–Trinajstić information content (AvgIpc) is 2.53. The van der Waals surface area contributed by atoms with Crippen LogP contribution in [0.15, 0.2) is 18.2 Å². The van der Waals surface area contributed by atoms with Gasteiger partial charge in [-0.25, -0.2) is 0 Å². The Morgan fingerprint density at radius 2 is 1.31 bits per heavy atom. The molecule has 4 nitrogen and oxygen atoms in total. The van der Waals surface area contributed by atoms with Gasteiger partial charge in [-0.3, -0.25) is 9.59 Å². The van der Waals surface area contributed by atoms with Crippen LogP contribution in [0.25, 0.3) is 0 Å². The number of halogens is 6. The Morgan fingerprint density at radius 3 is 1.77 bits per heavy atom. The quantitative estimate of drug-likeness (QED) is 0.597. The molecular formula is C16H16F6N2O2. The van der Waals surface area contributed by atoms with Gasteiger partial charge in [0.05, 0.1) is 11.1 Å². The summed E-state index contributed by atoms with van der Waals surface area (Å²) in [5.74, 6) is -2.41. The molecule has 2 N–H and O–H groups in total. The second kappa shape index (κ2) is 7.55. The van der Waals surface area contributed by atoms with E-state index in [0.717, 1.165) is 19.3 Å². The van der Waals surface area contributed by atoms with Gasteiger partial charge in [0.1, 0.15) is 0 Å². The van der Waals surface area contributed by atoms with Gasteiger partial charge in [0.15, 0.2) is 0 Å². The molecule has 10 heteroatoms. The van der Waals surface area contributed by atoms with Gasteiger partial charge in [0, 0.05) is 11.7 Å². The van der Waals surface area contributed by atoms with Crippen molar-refractivity contribution in [2.75, 3.05) is 5.32 Å². The number of carbonyl (C=O) groups excluding carboxylic acids is 2. The Balaban J connectivity index is 2.16. The van der Waals surface area contributed by atoms with E-state index in [4.69, 9.17) is 0 Å². The number of anilines is 1. The molecule has 26 heavy (non-hydrogen) atoms. The number of rotatable bonds is 2. The van der Waals surface area contributed by atoms with E-state index in [0.29, 0.717) is 25.0 Å². The smallest absolute Gasteiger partial charge is 0.345 e. The molecule has 1 aliphatic carbocycles. The Labute approximate surface area is 144 Å². The Kier molecular flexibility index (Phi) is 5.82. The molecule has 1 aliphatic rings. The molecule has 0 aliphatic heterocycles. The van der Waals surface area contributed by atoms with E-state index in [2.05, 4.69) is 5.32 Å². The highest BCUT2D eigenvalue weighted by molar-refractivity contribution is 6.39. The van der Waals surface area contributed by atoms with Crippen molar-refractivity contribution in [1.29, 1.82) is 0 Å². The van der Waals surface area contributed by atoms with Crippen LogP contribution >= 0.6 is 0 Å². The van der Waals surface area contributed by atoms with Gasteiger partial charge >= 0.3 is 24.2 Å². The van der Waals surface area contributed by atoms with E-state index in [9.17, 15) is 35.9 Å². The maximum Gasteiger partial charge on any atom is 0.416 e. The van der Waals surface area contributed by atoms with Crippen LogP contribution in [0.4, 0.5) is 32.0 Å². The number of hydrogen-bond acceptors (Lipinski definition) is 2. The molecule has 1 aromatic rings. The fraction of sp³-hybridized carbons (Fsp3) is 0.500. The molecule has 0 atom stereocenters. The van der Waals surface area contributed by atoms with Crippen molar-refractivity contribution >= 4 is 17.5 Å². The first kappa shape index (κ1) is 20.1. The summed E-state index contributed by atoms with van der Waals surface area (Å²) < 4.78 is 76.7. The van der Waals surface area contributed by atoms with Crippen molar-refractivity contribution < 1.29 is 35.9 Å². The number of benzene rings is 1. The van der Waals surface area contributed by atoms with E-state index in [1.54, 1.807) is 5.32 Å². The molecular weight excluding hydrogens is 366 g/mol. The number of nitrogens with one attached hydrogen (secondary N) is 2. The molecule has 0 saturated heterocycles. The van der Waals surface area contributed by atoms with Crippen molar-refractivity contribution in [2.45, 2.75) is 50.5 Å². The van der Waals surface area contributed by atoms with Gasteiger partial charge in [-0.2, -0.15) is 26.3 Å². The largest absolute Gasteiger partial charge is 0.416 e. The minimum Gasteiger partial charge on any atom is -0.345 e. The Hall–Kier alpha value is -2.26. The SMILES string of the molecule is O=C(Nc1cc(C(F)(F)F)cc(C(F)(F)F)c1)C(=O)NC1CCCCC1. The minimum absolute atomic E-state index is 0.0578. The van der Waals surface area contributed by atoms with Crippen LogP contribution in [0.3, 0.4) is 0 Å². The molecule has 1 fully saturated rings. The first-order valence-electron chi connectivity index (χ1n) is 7.88. The summed E-state index contributed by atoms with van der Waals surface area (Å²) >= 11 is 0. The molecule has 0 spiro atoms. The number of carbonyl (C=O) groups is 2. The van der Waals surface area contributed by atoms with Crippen LogP contribution in [-0.2, 0) is 21.9 Å². The van der Waals surface area contributed by atoms with Crippen LogP contribution in [0, 0.1) is 0 Å². The third-order valence-electron chi connectivity index (χ3n) is 3.99. The zero-order chi connectivity index (χ0) is 19.5. The van der Waals surface area contributed by atoms with Crippen molar-refractivity contribution in [3.8, 4) is 0 Å². The zero-order valence-corrected chi connectivity index (χ0v) is 13.4. The highest BCUT2D eigenvalue weighted by Crippen LogP contribution is 2.37. The van der Waals surface area contributed by atoms with Crippen molar-refractivity contribution in [2.24, 2.45) is 0 Å². The summed E-state index contributed by atoms with van der Waals surface area (Å²) in [6.45, 7) is 0. The number of alkyl halides is 6. The highest BCUT2D eigenvalue weighted by atomic mass is 19.4. The summed E-state index contributed by atoms with van der Waals surface area (Å²) in [7, 11) is 0. The summed E-state index contributed by atoms with van der Waals surface area (Å²) in [4.78, 5) is 23.6. The predicted molar refractivity (Wildman–Crippen MR) is 80.1 cm³/mol. The van der Waals surface area contributed by atoms with Crippen LogP contribution < -0.4 is 10.6 Å². The third-order valence-corrected chi connectivity index (χ3v) is 3.99. The van der Waals surface area contributed by atoms with E-state index in [1.165, 1.54) is 0 Å². The van der Waals surface area contributed by atoms with Crippen molar-refractivity contribution in [1.82, 2.24) is 5.32 Å². The monoisotopic (exact) mass is 382 g/mol. The Bertz CT molecular complexity index is 646. The fourth-order valence-electron chi connectivity index (χ4n) is 2.71. The molecule has 2 rings (SSSR count). The maximum absolute atomic E-state index is 12.8. The maximum atomic E-state index is 12.8. The minimum atomic E-state index is -5.04. The highest BCUT2D eigenvalue weighted by Gasteiger charge is 2.37. The number of hydrogen-bond donors (Lipinski definition) is 2. The fourth-order valence-corrected chi connectivity index (χ4v) is 2.71. The lowest BCUT2D eigenvalue weighted by atomic mass is 9.95. The second-order valence-electron chi connectivity index (χ2n) is 6.06. The first-order valence-corrected chi connectivity index (χ1v) is 7.88. The van der Waals surface area contributed by atoms with Crippen molar-refractivity contribution in [3.05, 3.63) is 29.3 Å². The zero-order valence-electron chi connectivity index (χ0n) is 13.4. The van der Waals surface area contributed by atoms with Crippen LogP contribution in [0.1, 0.15) is 43.2 Å². The molecule has 2 amide bonds. The lowest BCUT2D eigenvalue weighted by Crippen LogP contribution is -2.42. The summed E-state index contributed by atoms with van der Waals surface area (Å²) in [5.41, 5.74) is -3.90. The van der Waals surface area contributed by atoms with Gasteiger partial charge in [0.2, 0.25) is 0 Å². The molecule has 0 heterocycles. The van der Waals surface area contributed by atoms with Crippen molar-refractivity contribution in [3.63, 3.8) is 0 Å². The molecule has 1 aromatic carbocycles. The third kappa shape index (κ3) is 5.37. The van der Waals surface area contributed by atoms with Gasteiger partial charge in [-0.15, -0.1) is 0 Å². The first-order chi connectivity index (χ1) is 12.0. The van der Waals surface area contributed by atoms with E-state index >= 15 is 0 Å². The standard InChI is InChI=1S/C16H16F6N2O2/c17-15(18,19)9-6-10(16(20,21)22)8-12(7-9)24-14(26)13(25)23-11-4-2-1-3-5-11/h6-8,11H,1-5H2,(H,23,25)(H,24,26). The van der Waals surface area contributed by atoms with Crippen LogP contribution in [0.2, 0.25) is 0 Å². The lowest BCUT2D eigenvalue weighted by molar-refractivity contribution is -0.143. The molecule has 0 radical (unpaired) electrons. The number of amides is 2. The normalized spacial score (nSPS) is 16.2. The topological polar surface area (TPSA) is 58.2 Å². The predicted octanol–water partition coefficient (Wildman–Crippen LogP) is 4.11. The van der Waals surface area contributed by atoms with E-state index in [1.807, 2.05) is 0 Å². The molecule has 1 saturated carbocycles. The lowest BCUT2D eigenvalue weighted by Gasteiger charge is -2.22. The Morgan fingerprint density at radius 1 is 0.808 bits per heavy atom. The van der Waals surface area contributed by atoms with E-state index in [-0.39, 0.29) is 12.1 Å². The molecule has 0 unspecified atom stereocenters. The molecule has 144 valence electrons. The van der Waals surface area contributed by atoms with Crippen LogP contribution in [-0.4, -0.2) is 17.9 Å².